The summed E-state index contributed by atoms with van der Waals surface area (Å²) in [6.07, 6.45) is -3.26. The molecule has 1 N–H and O–H groups in total. The van der Waals surface area contributed by atoms with E-state index < -0.39 is 11.7 Å². The van der Waals surface area contributed by atoms with Gasteiger partial charge in [-0.1, -0.05) is 36.9 Å². The molecule has 0 atom stereocenters. The Morgan fingerprint density at radius 3 is 2.45 bits per heavy atom. The quantitative estimate of drug-likeness (QED) is 0.382. The second kappa shape index (κ2) is 9.20. The number of carbonyl (C=O) groups is 1. The van der Waals surface area contributed by atoms with E-state index in [1.54, 1.807) is 22.9 Å². The molecule has 4 aromatic rings. The van der Waals surface area contributed by atoms with E-state index >= 15 is 0 Å². The highest BCUT2D eigenvalue weighted by molar-refractivity contribution is 5.88. The van der Waals surface area contributed by atoms with Gasteiger partial charge in [0.05, 0.1) is 29.0 Å². The smallest absolute Gasteiger partial charge is 0.416 e. The van der Waals surface area contributed by atoms with E-state index in [4.69, 9.17) is 4.74 Å². The molecule has 0 saturated heterocycles. The van der Waals surface area contributed by atoms with Crippen LogP contribution in [0, 0.1) is 0 Å². The minimum absolute atomic E-state index is 0.122. The fourth-order valence-electron chi connectivity index (χ4n) is 3.35. The Labute approximate surface area is 188 Å². The van der Waals surface area contributed by atoms with Crippen LogP contribution < -0.4 is 10.1 Å². The van der Waals surface area contributed by atoms with Crippen molar-refractivity contribution in [2.75, 3.05) is 0 Å². The van der Waals surface area contributed by atoms with Crippen LogP contribution in [0.2, 0.25) is 0 Å². The van der Waals surface area contributed by atoms with E-state index in [9.17, 15) is 18.0 Å². The number of carbonyl (C=O) groups excluding carboxylic acids is 1. The van der Waals surface area contributed by atoms with E-state index in [1.165, 1.54) is 12.1 Å². The first-order valence-electron chi connectivity index (χ1n) is 10.1. The molecule has 0 aliphatic rings. The number of nitrogens with zero attached hydrogens (tertiary/aromatic N) is 2. The van der Waals surface area contributed by atoms with Crippen molar-refractivity contribution in [3.05, 3.63) is 102 Å². The topological polar surface area (TPSA) is 56.2 Å². The van der Waals surface area contributed by atoms with E-state index in [0.717, 1.165) is 23.8 Å². The molecule has 0 aliphatic carbocycles. The summed E-state index contributed by atoms with van der Waals surface area (Å²) in [6, 6.07) is 19.8. The summed E-state index contributed by atoms with van der Waals surface area (Å²) in [5.41, 5.74) is 1.96. The van der Waals surface area contributed by atoms with Crippen LogP contribution in [-0.4, -0.2) is 15.7 Å². The van der Waals surface area contributed by atoms with Gasteiger partial charge in [-0.2, -0.15) is 18.3 Å². The molecule has 168 valence electrons. The Morgan fingerprint density at radius 1 is 1.06 bits per heavy atom. The summed E-state index contributed by atoms with van der Waals surface area (Å²) in [4.78, 5) is 11.7. The standard InChI is InChI=1S/C25H20F3N3O2/c1-2-24(32)29-15-22-21-14-20(33-16-17-6-4-3-5-7-17)12-13-23(21)31(30-22)19-10-8-18(9-11-19)25(26,27)28/h2-14H,1,15-16H2,(H,29,32). The average molecular weight is 451 g/mol. The number of aromatic nitrogens is 2. The highest BCUT2D eigenvalue weighted by Crippen LogP contribution is 2.31. The van der Waals surface area contributed by atoms with Crippen LogP contribution in [0.15, 0.2) is 85.5 Å². The van der Waals surface area contributed by atoms with Crippen molar-refractivity contribution >= 4 is 16.8 Å². The van der Waals surface area contributed by atoms with Crippen molar-refractivity contribution in [1.29, 1.82) is 0 Å². The van der Waals surface area contributed by atoms with Crippen molar-refractivity contribution in [2.45, 2.75) is 19.3 Å². The van der Waals surface area contributed by atoms with Gasteiger partial charge in [0.25, 0.3) is 0 Å². The van der Waals surface area contributed by atoms with Gasteiger partial charge < -0.3 is 10.1 Å². The molecule has 0 fully saturated rings. The van der Waals surface area contributed by atoms with Gasteiger partial charge in [0.2, 0.25) is 5.91 Å². The third-order valence-corrected chi connectivity index (χ3v) is 5.03. The summed E-state index contributed by atoms with van der Waals surface area (Å²) in [7, 11) is 0. The van der Waals surface area contributed by atoms with Crippen LogP contribution >= 0.6 is 0 Å². The summed E-state index contributed by atoms with van der Waals surface area (Å²) in [5.74, 6) is 0.248. The number of hydrogen-bond acceptors (Lipinski definition) is 3. The lowest BCUT2D eigenvalue weighted by Crippen LogP contribution is -2.20. The minimum Gasteiger partial charge on any atom is -0.489 e. The van der Waals surface area contributed by atoms with Crippen molar-refractivity contribution in [2.24, 2.45) is 0 Å². The van der Waals surface area contributed by atoms with Gasteiger partial charge in [-0.05, 0) is 54.1 Å². The highest BCUT2D eigenvalue weighted by Gasteiger charge is 2.30. The second-order valence-electron chi connectivity index (χ2n) is 7.28. The second-order valence-corrected chi connectivity index (χ2v) is 7.28. The molecule has 0 saturated carbocycles. The molecule has 0 radical (unpaired) electrons. The predicted molar refractivity (Wildman–Crippen MR) is 119 cm³/mol. The van der Waals surface area contributed by atoms with Crippen molar-refractivity contribution in [3.63, 3.8) is 0 Å². The first kappa shape index (κ1) is 22.1. The molecule has 33 heavy (non-hydrogen) atoms. The zero-order valence-corrected chi connectivity index (χ0v) is 17.5. The van der Waals surface area contributed by atoms with E-state index in [-0.39, 0.29) is 12.5 Å². The number of nitrogens with one attached hydrogen (secondary N) is 1. The molecule has 1 aromatic heterocycles. The number of benzene rings is 3. The number of rotatable bonds is 7. The fourth-order valence-corrected chi connectivity index (χ4v) is 3.35. The number of fused-ring (bicyclic) bond motifs is 1. The Morgan fingerprint density at radius 2 is 1.79 bits per heavy atom. The summed E-state index contributed by atoms with van der Waals surface area (Å²) in [6.45, 7) is 3.93. The van der Waals surface area contributed by atoms with Crippen molar-refractivity contribution < 1.29 is 22.7 Å². The molecule has 0 spiro atoms. The van der Waals surface area contributed by atoms with Crippen LogP contribution in [0.5, 0.6) is 5.75 Å². The first-order chi connectivity index (χ1) is 15.8. The number of hydrogen-bond donors (Lipinski definition) is 1. The number of amides is 1. The Bertz CT molecular complexity index is 1280. The molecule has 0 bridgehead atoms. The van der Waals surface area contributed by atoms with Crippen molar-refractivity contribution in [3.8, 4) is 11.4 Å². The molecule has 3 aromatic carbocycles. The van der Waals surface area contributed by atoms with Crippen LogP contribution in [-0.2, 0) is 24.1 Å². The lowest BCUT2D eigenvalue weighted by molar-refractivity contribution is -0.137. The summed E-state index contributed by atoms with van der Waals surface area (Å²) >= 11 is 0. The number of ether oxygens (including phenoxy) is 1. The Balaban J connectivity index is 1.69. The van der Waals surface area contributed by atoms with Crippen molar-refractivity contribution in [1.82, 2.24) is 15.1 Å². The monoisotopic (exact) mass is 451 g/mol. The lowest BCUT2D eigenvalue weighted by Gasteiger charge is -2.09. The molecule has 1 amide bonds. The van der Waals surface area contributed by atoms with Gasteiger partial charge in [-0.25, -0.2) is 4.68 Å². The minimum atomic E-state index is -4.42. The number of alkyl halides is 3. The Hall–Kier alpha value is -4.07. The largest absolute Gasteiger partial charge is 0.489 e. The maximum absolute atomic E-state index is 12.9. The van der Waals surface area contributed by atoms with Gasteiger partial charge >= 0.3 is 6.18 Å². The van der Waals surface area contributed by atoms with Gasteiger partial charge in [-0.3, -0.25) is 4.79 Å². The van der Waals surface area contributed by atoms with Crippen LogP contribution in [0.4, 0.5) is 13.2 Å². The van der Waals surface area contributed by atoms with Gasteiger partial charge in [0, 0.05) is 5.39 Å². The maximum Gasteiger partial charge on any atom is 0.416 e. The SMILES string of the molecule is C=CC(=O)NCc1nn(-c2ccc(C(F)(F)F)cc2)c2ccc(OCc3ccccc3)cc12. The van der Waals surface area contributed by atoms with Gasteiger partial charge in [0.15, 0.2) is 0 Å². The van der Waals surface area contributed by atoms with Crippen LogP contribution in [0.3, 0.4) is 0 Å². The molecule has 4 rings (SSSR count). The molecule has 0 aliphatic heterocycles. The molecule has 5 nitrogen and oxygen atoms in total. The molecular formula is C25H20F3N3O2. The number of halogens is 3. The lowest BCUT2D eigenvalue weighted by atomic mass is 10.1. The van der Waals surface area contributed by atoms with Crippen LogP contribution in [0.25, 0.3) is 16.6 Å². The van der Waals surface area contributed by atoms with E-state index in [2.05, 4.69) is 17.0 Å². The van der Waals surface area contributed by atoms with Crippen LogP contribution in [0.1, 0.15) is 16.8 Å². The summed E-state index contributed by atoms with van der Waals surface area (Å²) in [5, 5.41) is 7.95. The first-order valence-corrected chi connectivity index (χ1v) is 10.1. The Kier molecular flexibility index (Phi) is 6.17. The van der Waals surface area contributed by atoms with Gasteiger partial charge in [-0.15, -0.1) is 0 Å². The maximum atomic E-state index is 12.9. The van der Waals surface area contributed by atoms with E-state index in [1.807, 2.05) is 30.3 Å². The predicted octanol–water partition coefficient (Wildman–Crippen LogP) is 5.43. The normalized spacial score (nSPS) is 11.4. The third-order valence-electron chi connectivity index (χ3n) is 5.03. The third kappa shape index (κ3) is 5.06. The zero-order valence-electron chi connectivity index (χ0n) is 17.5. The van der Waals surface area contributed by atoms with E-state index in [0.29, 0.717) is 34.6 Å². The molecule has 8 heteroatoms. The summed E-state index contributed by atoms with van der Waals surface area (Å²) < 4.78 is 46.3. The molecule has 1 heterocycles. The molecule has 0 unspecified atom stereocenters. The molecular weight excluding hydrogens is 431 g/mol. The van der Waals surface area contributed by atoms with Gasteiger partial charge in [0.1, 0.15) is 12.4 Å². The average Bonchev–Trinajstić information content (AvgIpc) is 3.19. The zero-order chi connectivity index (χ0) is 23.4. The fraction of sp³-hybridized carbons (Fsp3) is 0.120. The highest BCUT2D eigenvalue weighted by atomic mass is 19.4.